The Hall–Kier alpha value is -0.240. The standard InChI is InChI=1S/C10H24N2.2C8H20N2/c1-3-5-7-11-9-10-12-8-6-4-2;1-7(2)9-5-6-10-8(3)4;1-3-5-9-7-8-10-6-4-2/h11-12H,3-10H2,1-2H3;7-10H,5-6H2,1-4H3;9-10H,3-8H2,1-2H3. The van der Waals surface area contributed by atoms with Gasteiger partial charge in [-0.25, -0.2) is 0 Å². The molecule has 0 aliphatic heterocycles. The molecule has 0 saturated heterocycles. The van der Waals surface area contributed by atoms with Gasteiger partial charge in [0.15, 0.2) is 0 Å². The zero-order chi connectivity index (χ0) is 24.7. The lowest BCUT2D eigenvalue weighted by Crippen LogP contribution is -2.34. The zero-order valence-corrected chi connectivity index (χ0v) is 23.5. The molecule has 0 saturated carbocycles. The van der Waals surface area contributed by atoms with Gasteiger partial charge in [0.1, 0.15) is 0 Å². The molecule has 0 aliphatic carbocycles. The molecule has 0 atom stereocenters. The van der Waals surface area contributed by atoms with Gasteiger partial charge in [-0.1, -0.05) is 68.2 Å². The van der Waals surface area contributed by atoms with E-state index in [1.54, 1.807) is 0 Å². The highest BCUT2D eigenvalue weighted by atomic mass is 15.0. The first-order valence-corrected chi connectivity index (χ1v) is 13.8. The zero-order valence-electron chi connectivity index (χ0n) is 23.5. The highest BCUT2D eigenvalue weighted by Crippen LogP contribution is 1.82. The smallest absolute Gasteiger partial charge is 0.00791 e. The minimum Gasteiger partial charge on any atom is -0.315 e. The monoisotopic (exact) mass is 461 g/mol. The van der Waals surface area contributed by atoms with Crippen molar-refractivity contribution in [2.45, 2.75) is 106 Å². The van der Waals surface area contributed by atoms with Crippen LogP contribution in [0.25, 0.3) is 0 Å². The molecular formula is C26H64N6. The Kier molecular flexibility index (Phi) is 40.1. The fraction of sp³-hybridized carbons (Fsp3) is 1.00. The van der Waals surface area contributed by atoms with Gasteiger partial charge in [-0.2, -0.15) is 0 Å². The van der Waals surface area contributed by atoms with Crippen molar-refractivity contribution in [2.75, 3.05) is 65.4 Å². The lowest BCUT2D eigenvalue weighted by Gasteiger charge is -2.10. The third-order valence-electron chi connectivity index (χ3n) is 4.46. The van der Waals surface area contributed by atoms with Gasteiger partial charge in [0.25, 0.3) is 0 Å². The molecule has 6 nitrogen and oxygen atoms in total. The third kappa shape index (κ3) is 47.5. The van der Waals surface area contributed by atoms with Crippen molar-refractivity contribution in [3.05, 3.63) is 0 Å². The van der Waals surface area contributed by atoms with E-state index in [-0.39, 0.29) is 0 Å². The van der Waals surface area contributed by atoms with Crippen molar-refractivity contribution >= 4 is 0 Å². The molecule has 0 radical (unpaired) electrons. The van der Waals surface area contributed by atoms with E-state index < -0.39 is 0 Å². The van der Waals surface area contributed by atoms with Gasteiger partial charge in [0, 0.05) is 51.4 Å². The fourth-order valence-electron chi connectivity index (χ4n) is 2.53. The normalized spacial score (nSPS) is 10.7. The first kappa shape index (κ1) is 36.3. The molecule has 0 rings (SSSR count). The van der Waals surface area contributed by atoms with E-state index in [0.717, 1.165) is 52.4 Å². The average molecular weight is 461 g/mol. The molecule has 0 unspecified atom stereocenters. The van der Waals surface area contributed by atoms with Gasteiger partial charge >= 0.3 is 0 Å². The molecule has 0 spiro atoms. The lowest BCUT2D eigenvalue weighted by molar-refractivity contribution is 0.525. The SMILES string of the molecule is CC(C)NCCNC(C)C.CCCCNCCNCCCC.CCCNCCNCCC. The maximum absolute atomic E-state index is 3.40. The van der Waals surface area contributed by atoms with Crippen molar-refractivity contribution in [1.82, 2.24) is 31.9 Å². The predicted molar refractivity (Wildman–Crippen MR) is 148 cm³/mol. The Bertz CT molecular complexity index is 259. The van der Waals surface area contributed by atoms with E-state index in [4.69, 9.17) is 0 Å². The summed E-state index contributed by atoms with van der Waals surface area (Å²) in [4.78, 5) is 0. The molecule has 0 aromatic rings. The highest BCUT2D eigenvalue weighted by molar-refractivity contribution is 4.57. The van der Waals surface area contributed by atoms with Crippen LogP contribution in [-0.2, 0) is 0 Å². The first-order valence-electron chi connectivity index (χ1n) is 13.8. The van der Waals surface area contributed by atoms with Crippen LogP contribution in [0.3, 0.4) is 0 Å². The van der Waals surface area contributed by atoms with Crippen LogP contribution in [-0.4, -0.2) is 77.5 Å². The Morgan fingerprint density at radius 3 is 0.938 bits per heavy atom. The van der Waals surface area contributed by atoms with Crippen LogP contribution in [0.15, 0.2) is 0 Å². The Morgan fingerprint density at radius 1 is 0.375 bits per heavy atom. The summed E-state index contributed by atoms with van der Waals surface area (Å²) in [5.41, 5.74) is 0. The Balaban J connectivity index is -0.000000397. The van der Waals surface area contributed by atoms with Crippen molar-refractivity contribution in [2.24, 2.45) is 0 Å². The molecule has 32 heavy (non-hydrogen) atoms. The Labute approximate surface area is 203 Å². The van der Waals surface area contributed by atoms with E-state index in [2.05, 4.69) is 87.3 Å². The molecule has 198 valence electrons. The van der Waals surface area contributed by atoms with Crippen LogP contribution in [0.1, 0.15) is 93.9 Å². The van der Waals surface area contributed by atoms with E-state index in [1.165, 1.54) is 51.6 Å². The molecule has 6 heteroatoms. The second-order valence-corrected chi connectivity index (χ2v) is 8.92. The predicted octanol–water partition coefficient (Wildman–Crippen LogP) is 3.73. The van der Waals surface area contributed by atoms with Gasteiger partial charge in [0.2, 0.25) is 0 Å². The highest BCUT2D eigenvalue weighted by Gasteiger charge is 1.92. The van der Waals surface area contributed by atoms with E-state index in [9.17, 15) is 0 Å². The van der Waals surface area contributed by atoms with Crippen molar-refractivity contribution in [3.8, 4) is 0 Å². The number of hydrogen-bond donors (Lipinski definition) is 6. The van der Waals surface area contributed by atoms with Crippen molar-refractivity contribution in [1.29, 1.82) is 0 Å². The van der Waals surface area contributed by atoms with E-state index in [1.807, 2.05) is 0 Å². The van der Waals surface area contributed by atoms with E-state index >= 15 is 0 Å². The molecule has 6 N–H and O–H groups in total. The average Bonchev–Trinajstić information content (AvgIpc) is 2.76. The lowest BCUT2D eigenvalue weighted by atomic mass is 10.3. The van der Waals surface area contributed by atoms with Gasteiger partial charge < -0.3 is 31.9 Å². The molecule has 0 aliphatic rings. The van der Waals surface area contributed by atoms with Crippen LogP contribution in [0.5, 0.6) is 0 Å². The summed E-state index contributed by atoms with van der Waals surface area (Å²) in [5.74, 6) is 0. The van der Waals surface area contributed by atoms with Gasteiger partial charge in [-0.3, -0.25) is 0 Å². The molecule has 0 fully saturated rings. The van der Waals surface area contributed by atoms with Crippen molar-refractivity contribution in [3.63, 3.8) is 0 Å². The molecule has 0 amide bonds. The summed E-state index contributed by atoms with van der Waals surface area (Å²) in [6.07, 6.45) is 7.64. The summed E-state index contributed by atoms with van der Waals surface area (Å²) in [5, 5.41) is 20.1. The molecular weight excluding hydrogens is 396 g/mol. The number of unbranched alkanes of at least 4 members (excludes halogenated alkanes) is 2. The van der Waals surface area contributed by atoms with Gasteiger partial charge in [-0.15, -0.1) is 0 Å². The van der Waals surface area contributed by atoms with Crippen LogP contribution < -0.4 is 31.9 Å². The Morgan fingerprint density at radius 2 is 0.688 bits per heavy atom. The summed E-state index contributed by atoms with van der Waals surface area (Å²) < 4.78 is 0. The summed E-state index contributed by atoms with van der Waals surface area (Å²) in [6.45, 7) is 28.7. The molecule has 0 bridgehead atoms. The fourth-order valence-corrected chi connectivity index (χ4v) is 2.53. The quantitative estimate of drug-likeness (QED) is 0.147. The maximum atomic E-state index is 3.40. The number of nitrogens with one attached hydrogen (secondary N) is 6. The minimum atomic E-state index is 0.606. The molecule has 0 aromatic carbocycles. The molecule has 0 aromatic heterocycles. The van der Waals surface area contributed by atoms with Crippen LogP contribution in [0, 0.1) is 0 Å². The minimum absolute atomic E-state index is 0.606. The first-order chi connectivity index (χ1) is 15.5. The topological polar surface area (TPSA) is 72.2 Å². The number of hydrogen-bond acceptors (Lipinski definition) is 6. The van der Waals surface area contributed by atoms with Crippen LogP contribution in [0.4, 0.5) is 0 Å². The number of rotatable bonds is 21. The third-order valence-corrected chi connectivity index (χ3v) is 4.46. The largest absolute Gasteiger partial charge is 0.315 e. The second kappa shape index (κ2) is 35.4. The van der Waals surface area contributed by atoms with Crippen LogP contribution in [0.2, 0.25) is 0 Å². The van der Waals surface area contributed by atoms with Crippen LogP contribution >= 0.6 is 0 Å². The summed E-state index contributed by atoms with van der Waals surface area (Å²) >= 11 is 0. The van der Waals surface area contributed by atoms with Gasteiger partial charge in [0.05, 0.1) is 0 Å². The van der Waals surface area contributed by atoms with Gasteiger partial charge in [-0.05, 0) is 51.9 Å². The molecule has 0 heterocycles. The van der Waals surface area contributed by atoms with E-state index in [0.29, 0.717) is 12.1 Å². The van der Waals surface area contributed by atoms with Crippen molar-refractivity contribution < 1.29 is 0 Å². The summed E-state index contributed by atoms with van der Waals surface area (Å²) in [6, 6.07) is 1.21. The maximum Gasteiger partial charge on any atom is 0.00791 e. The summed E-state index contributed by atoms with van der Waals surface area (Å²) in [7, 11) is 0. The second-order valence-electron chi connectivity index (χ2n) is 8.92.